The molecule has 0 aliphatic carbocycles. The summed E-state index contributed by atoms with van der Waals surface area (Å²) in [5.41, 5.74) is 1.10. The average molecular weight is 572 g/mol. The number of rotatable bonds is 10. The lowest BCUT2D eigenvalue weighted by Crippen LogP contribution is -2.44. The van der Waals surface area contributed by atoms with E-state index in [9.17, 15) is 0 Å². The van der Waals surface area contributed by atoms with E-state index in [2.05, 4.69) is 46.4 Å². The minimum absolute atomic E-state index is 0. The van der Waals surface area contributed by atoms with Crippen LogP contribution in [-0.4, -0.2) is 62.5 Å². The van der Waals surface area contributed by atoms with E-state index in [1.807, 2.05) is 18.2 Å². The molecule has 1 aromatic heterocycles. The van der Waals surface area contributed by atoms with E-state index in [1.54, 1.807) is 14.2 Å². The first-order valence-electron chi connectivity index (χ1n) is 11.4. The third kappa shape index (κ3) is 7.94. The van der Waals surface area contributed by atoms with Crippen molar-refractivity contribution in [3.63, 3.8) is 0 Å². The molecule has 1 unspecified atom stereocenters. The van der Waals surface area contributed by atoms with Crippen LogP contribution in [0.5, 0.6) is 11.5 Å². The quantitative estimate of drug-likeness (QED) is 0.193. The Bertz CT molecular complexity index is 867. The topological polar surface area (TPSA) is 97.0 Å². The Balaban J connectivity index is 0.00000385. The van der Waals surface area contributed by atoms with Crippen LogP contribution in [0.2, 0.25) is 0 Å². The molecule has 0 spiro atoms. The lowest BCUT2D eigenvalue weighted by molar-refractivity contribution is 0.369. The number of hydrogen-bond donors (Lipinski definition) is 2. The third-order valence-corrected chi connectivity index (χ3v) is 5.39. The number of aryl methyl sites for hydroxylation is 1. The van der Waals surface area contributed by atoms with E-state index >= 15 is 0 Å². The normalized spacial score (nSPS) is 16.0. The van der Waals surface area contributed by atoms with E-state index < -0.39 is 0 Å². The molecule has 3 rings (SSSR count). The van der Waals surface area contributed by atoms with Crippen molar-refractivity contribution < 1.29 is 14.0 Å². The minimum atomic E-state index is 0. The summed E-state index contributed by atoms with van der Waals surface area (Å²) in [4.78, 5) is 11.5. The first-order chi connectivity index (χ1) is 15.5. The Labute approximate surface area is 213 Å². The third-order valence-electron chi connectivity index (χ3n) is 5.39. The standard InChI is InChI=1S/C23H36N6O3.HI/c1-6-24-23(25-10-7-8-21-27-22(16(2)3)28-32-21)26-17-9-11-29(15-17)18-12-19(30-4)14-20(13-18)31-5;/h12-14,16-17H,6-11,15H2,1-5H3,(H2,24,25,26);1H. The van der Waals surface area contributed by atoms with Crippen molar-refractivity contribution in [1.82, 2.24) is 20.8 Å². The number of benzene rings is 1. The van der Waals surface area contributed by atoms with Crippen molar-refractivity contribution in [2.45, 2.75) is 52.0 Å². The van der Waals surface area contributed by atoms with Crippen LogP contribution in [0.25, 0.3) is 0 Å². The smallest absolute Gasteiger partial charge is 0.226 e. The van der Waals surface area contributed by atoms with Crippen LogP contribution in [-0.2, 0) is 6.42 Å². The first-order valence-corrected chi connectivity index (χ1v) is 11.4. The molecule has 1 aliphatic heterocycles. The van der Waals surface area contributed by atoms with Gasteiger partial charge >= 0.3 is 0 Å². The largest absolute Gasteiger partial charge is 0.497 e. The van der Waals surface area contributed by atoms with Crippen molar-refractivity contribution in [2.24, 2.45) is 4.99 Å². The second-order valence-corrected chi connectivity index (χ2v) is 8.21. The number of ether oxygens (including phenoxy) is 2. The van der Waals surface area contributed by atoms with Crippen molar-refractivity contribution in [3.8, 4) is 11.5 Å². The number of methoxy groups -OCH3 is 2. The van der Waals surface area contributed by atoms with Crippen LogP contribution >= 0.6 is 24.0 Å². The zero-order valence-corrected chi connectivity index (χ0v) is 22.6. The van der Waals surface area contributed by atoms with Gasteiger partial charge in [0.05, 0.1) is 14.2 Å². The summed E-state index contributed by atoms with van der Waals surface area (Å²) in [6, 6.07) is 6.30. The summed E-state index contributed by atoms with van der Waals surface area (Å²) in [6.07, 6.45) is 2.62. The van der Waals surface area contributed by atoms with Crippen molar-refractivity contribution in [1.29, 1.82) is 0 Å². The first kappa shape index (κ1) is 27.0. The van der Waals surface area contributed by atoms with Gasteiger partial charge in [-0.15, -0.1) is 24.0 Å². The maximum Gasteiger partial charge on any atom is 0.226 e. The highest BCUT2D eigenvalue weighted by Crippen LogP contribution is 2.30. The summed E-state index contributed by atoms with van der Waals surface area (Å²) in [6.45, 7) is 9.55. The zero-order valence-electron chi connectivity index (χ0n) is 20.3. The molecule has 184 valence electrons. The number of hydrogen-bond acceptors (Lipinski definition) is 7. The van der Waals surface area contributed by atoms with Crippen molar-refractivity contribution >= 4 is 35.6 Å². The second-order valence-electron chi connectivity index (χ2n) is 8.21. The molecule has 1 atom stereocenters. The summed E-state index contributed by atoms with van der Waals surface area (Å²) in [5.74, 6) is 4.16. The maximum atomic E-state index is 5.41. The summed E-state index contributed by atoms with van der Waals surface area (Å²) in [7, 11) is 3.35. The van der Waals surface area contributed by atoms with Gasteiger partial charge in [-0.05, 0) is 19.8 Å². The van der Waals surface area contributed by atoms with Crippen LogP contribution < -0.4 is 25.0 Å². The SMILES string of the molecule is CCNC(=NCCCc1nc(C(C)C)no1)NC1CCN(c2cc(OC)cc(OC)c2)C1.I. The lowest BCUT2D eigenvalue weighted by Gasteiger charge is -2.21. The van der Waals surface area contributed by atoms with E-state index in [0.29, 0.717) is 18.5 Å². The Morgan fingerprint density at radius 2 is 1.97 bits per heavy atom. The molecule has 0 amide bonds. The highest BCUT2D eigenvalue weighted by atomic mass is 127. The van der Waals surface area contributed by atoms with Crippen LogP contribution in [0.1, 0.15) is 51.2 Å². The molecule has 1 saturated heterocycles. The fourth-order valence-electron chi connectivity index (χ4n) is 3.63. The van der Waals surface area contributed by atoms with Gasteiger partial charge in [0.15, 0.2) is 11.8 Å². The monoisotopic (exact) mass is 572 g/mol. The number of aromatic nitrogens is 2. The number of anilines is 1. The van der Waals surface area contributed by atoms with Gasteiger partial charge in [0, 0.05) is 68.4 Å². The Morgan fingerprint density at radius 1 is 1.24 bits per heavy atom. The van der Waals surface area contributed by atoms with Gasteiger partial charge < -0.3 is 29.5 Å². The predicted molar refractivity (Wildman–Crippen MR) is 141 cm³/mol. The summed E-state index contributed by atoms with van der Waals surface area (Å²) >= 11 is 0. The van der Waals surface area contributed by atoms with Gasteiger partial charge in [-0.2, -0.15) is 4.98 Å². The molecule has 1 fully saturated rings. The number of nitrogens with zero attached hydrogens (tertiary/aromatic N) is 4. The number of halogens is 1. The average Bonchev–Trinajstić information content (AvgIpc) is 3.46. The number of nitrogens with one attached hydrogen (secondary N) is 2. The molecule has 0 saturated carbocycles. The molecule has 1 aromatic carbocycles. The number of aliphatic imine (C=N–C) groups is 1. The fraction of sp³-hybridized carbons (Fsp3) is 0.609. The van der Waals surface area contributed by atoms with Crippen molar-refractivity contribution in [2.75, 3.05) is 45.3 Å². The fourth-order valence-corrected chi connectivity index (χ4v) is 3.63. The molecule has 0 bridgehead atoms. The molecule has 2 N–H and O–H groups in total. The molecule has 0 radical (unpaired) electrons. The van der Waals surface area contributed by atoms with Crippen LogP contribution in [0.4, 0.5) is 5.69 Å². The molecule has 2 aromatic rings. The van der Waals surface area contributed by atoms with E-state index in [-0.39, 0.29) is 29.9 Å². The molecule has 33 heavy (non-hydrogen) atoms. The maximum absolute atomic E-state index is 5.41. The molecular formula is C23H37IN6O3. The molecule has 10 heteroatoms. The lowest BCUT2D eigenvalue weighted by atomic mass is 10.2. The van der Waals surface area contributed by atoms with Gasteiger partial charge in [0.2, 0.25) is 5.89 Å². The highest BCUT2D eigenvalue weighted by Gasteiger charge is 2.24. The van der Waals surface area contributed by atoms with Gasteiger partial charge in [-0.3, -0.25) is 4.99 Å². The van der Waals surface area contributed by atoms with Gasteiger partial charge in [-0.1, -0.05) is 19.0 Å². The van der Waals surface area contributed by atoms with Crippen LogP contribution in [0.3, 0.4) is 0 Å². The van der Waals surface area contributed by atoms with Gasteiger partial charge in [0.25, 0.3) is 0 Å². The Morgan fingerprint density at radius 3 is 2.58 bits per heavy atom. The summed E-state index contributed by atoms with van der Waals surface area (Å²) < 4.78 is 16.1. The molecular weight excluding hydrogens is 535 g/mol. The van der Waals surface area contributed by atoms with Crippen LogP contribution in [0, 0.1) is 0 Å². The molecule has 2 heterocycles. The number of guanidine groups is 1. The minimum Gasteiger partial charge on any atom is -0.497 e. The van der Waals surface area contributed by atoms with E-state index in [4.69, 9.17) is 19.0 Å². The molecule has 1 aliphatic rings. The Hall–Kier alpha value is -2.24. The van der Waals surface area contributed by atoms with Crippen LogP contribution in [0.15, 0.2) is 27.7 Å². The zero-order chi connectivity index (χ0) is 22.9. The van der Waals surface area contributed by atoms with Gasteiger partial charge in [-0.25, -0.2) is 0 Å². The van der Waals surface area contributed by atoms with Crippen molar-refractivity contribution in [3.05, 3.63) is 29.9 Å². The predicted octanol–water partition coefficient (Wildman–Crippen LogP) is 3.59. The summed E-state index contributed by atoms with van der Waals surface area (Å²) in [5, 5.41) is 10.9. The Kier molecular flexibility index (Phi) is 11.0. The van der Waals surface area contributed by atoms with Gasteiger partial charge in [0.1, 0.15) is 11.5 Å². The molecule has 9 nitrogen and oxygen atoms in total. The van der Waals surface area contributed by atoms with E-state index in [1.165, 1.54) is 0 Å². The second kappa shape index (κ2) is 13.5. The van der Waals surface area contributed by atoms with E-state index in [0.717, 1.165) is 67.9 Å². The highest BCUT2D eigenvalue weighted by molar-refractivity contribution is 14.0.